The number of anilines is 2. The maximum Gasteiger partial charge on any atom is 0.242 e. The third kappa shape index (κ3) is 2.86. The molecule has 1 saturated carbocycles. The summed E-state index contributed by atoms with van der Waals surface area (Å²) in [6, 6.07) is 3.62. The van der Waals surface area contributed by atoms with E-state index in [9.17, 15) is 4.79 Å². The highest BCUT2D eigenvalue weighted by Crippen LogP contribution is 2.27. The SMILES string of the molecule is Nc1ccc2c(N3CCN(CC4CCCC4)C(=O)C3)ncnc2n1. The Balaban J connectivity index is 1.51. The average Bonchev–Trinajstić information content (AvgIpc) is 3.09. The number of carbonyl (C=O) groups is 1. The van der Waals surface area contributed by atoms with Crippen molar-refractivity contribution in [3.63, 3.8) is 0 Å². The number of nitrogen functional groups attached to an aromatic ring is 1. The molecule has 1 aliphatic heterocycles. The summed E-state index contributed by atoms with van der Waals surface area (Å²) in [4.78, 5) is 29.4. The first kappa shape index (κ1) is 15.1. The van der Waals surface area contributed by atoms with Gasteiger partial charge in [-0.05, 0) is 30.9 Å². The predicted octanol–water partition coefficient (Wildman–Crippen LogP) is 1.45. The molecule has 0 atom stereocenters. The first-order chi connectivity index (χ1) is 11.7. The molecule has 2 N–H and O–H groups in total. The molecule has 4 rings (SSSR count). The minimum Gasteiger partial charge on any atom is -0.384 e. The summed E-state index contributed by atoms with van der Waals surface area (Å²) in [6.45, 7) is 2.82. The van der Waals surface area contributed by atoms with E-state index in [0.29, 0.717) is 23.9 Å². The summed E-state index contributed by atoms with van der Waals surface area (Å²) in [6.07, 6.45) is 6.62. The van der Waals surface area contributed by atoms with E-state index in [-0.39, 0.29) is 5.91 Å². The van der Waals surface area contributed by atoms with Crippen LogP contribution < -0.4 is 10.6 Å². The van der Waals surface area contributed by atoms with Gasteiger partial charge in [0.05, 0.1) is 11.9 Å². The second-order valence-electron chi connectivity index (χ2n) is 6.72. The third-order valence-corrected chi connectivity index (χ3v) is 5.07. The first-order valence-corrected chi connectivity index (χ1v) is 8.60. The lowest BCUT2D eigenvalue weighted by Crippen LogP contribution is -2.51. The third-order valence-electron chi connectivity index (χ3n) is 5.07. The van der Waals surface area contributed by atoms with Crippen molar-refractivity contribution in [1.82, 2.24) is 19.9 Å². The van der Waals surface area contributed by atoms with E-state index < -0.39 is 0 Å². The van der Waals surface area contributed by atoms with Crippen LogP contribution in [0.4, 0.5) is 11.6 Å². The molecular weight excluding hydrogens is 304 g/mol. The van der Waals surface area contributed by atoms with Crippen molar-refractivity contribution in [3.8, 4) is 0 Å². The summed E-state index contributed by atoms with van der Waals surface area (Å²) >= 11 is 0. The van der Waals surface area contributed by atoms with Crippen molar-refractivity contribution in [2.24, 2.45) is 5.92 Å². The zero-order valence-corrected chi connectivity index (χ0v) is 13.7. The largest absolute Gasteiger partial charge is 0.384 e. The molecule has 1 amide bonds. The lowest BCUT2D eigenvalue weighted by atomic mass is 10.1. The Labute approximate surface area is 140 Å². The number of carbonyl (C=O) groups excluding carboxylic acids is 1. The lowest BCUT2D eigenvalue weighted by molar-refractivity contribution is -0.131. The number of amides is 1. The van der Waals surface area contributed by atoms with Gasteiger partial charge in [0.25, 0.3) is 0 Å². The van der Waals surface area contributed by atoms with Crippen LogP contribution in [-0.4, -0.2) is 51.9 Å². The molecule has 2 aromatic heterocycles. The summed E-state index contributed by atoms with van der Waals surface area (Å²) in [7, 11) is 0. The standard InChI is InChI=1S/C17H22N6O/c18-14-6-5-13-16(21-14)19-11-20-17(13)23-8-7-22(15(24)10-23)9-12-3-1-2-4-12/h5-6,11-12H,1-4,7-10H2,(H2,18,19,20,21). The molecule has 2 aliphatic rings. The molecule has 24 heavy (non-hydrogen) atoms. The zero-order chi connectivity index (χ0) is 16.5. The molecule has 1 aliphatic carbocycles. The molecule has 126 valence electrons. The number of fused-ring (bicyclic) bond motifs is 1. The Morgan fingerprint density at radius 2 is 2.00 bits per heavy atom. The van der Waals surface area contributed by atoms with Crippen LogP contribution >= 0.6 is 0 Å². The van der Waals surface area contributed by atoms with E-state index in [2.05, 4.69) is 15.0 Å². The Morgan fingerprint density at radius 3 is 2.79 bits per heavy atom. The van der Waals surface area contributed by atoms with Gasteiger partial charge in [0.15, 0.2) is 5.65 Å². The number of aromatic nitrogens is 3. The fourth-order valence-electron chi connectivity index (χ4n) is 3.78. The van der Waals surface area contributed by atoms with Crippen LogP contribution in [0.15, 0.2) is 18.5 Å². The fraction of sp³-hybridized carbons (Fsp3) is 0.529. The minimum atomic E-state index is 0.184. The number of nitrogens with zero attached hydrogens (tertiary/aromatic N) is 5. The van der Waals surface area contributed by atoms with E-state index in [1.54, 1.807) is 6.07 Å². The zero-order valence-electron chi connectivity index (χ0n) is 13.7. The summed E-state index contributed by atoms with van der Waals surface area (Å²) in [5, 5.41) is 0.837. The molecule has 0 aromatic carbocycles. The van der Waals surface area contributed by atoms with Gasteiger partial charge in [-0.1, -0.05) is 12.8 Å². The van der Waals surface area contributed by atoms with E-state index in [4.69, 9.17) is 5.73 Å². The van der Waals surface area contributed by atoms with Gasteiger partial charge in [-0.2, -0.15) is 0 Å². The van der Waals surface area contributed by atoms with Crippen molar-refractivity contribution >= 4 is 28.6 Å². The summed E-state index contributed by atoms with van der Waals surface area (Å²) in [5.41, 5.74) is 6.29. The number of hydrogen-bond acceptors (Lipinski definition) is 6. The van der Waals surface area contributed by atoms with Gasteiger partial charge in [0.2, 0.25) is 5.91 Å². The molecule has 1 saturated heterocycles. The molecule has 2 aromatic rings. The van der Waals surface area contributed by atoms with Crippen molar-refractivity contribution in [3.05, 3.63) is 18.5 Å². The van der Waals surface area contributed by atoms with Gasteiger partial charge < -0.3 is 15.5 Å². The van der Waals surface area contributed by atoms with Gasteiger partial charge >= 0.3 is 0 Å². The van der Waals surface area contributed by atoms with Crippen molar-refractivity contribution < 1.29 is 4.79 Å². The fourth-order valence-corrected chi connectivity index (χ4v) is 3.78. The molecule has 0 spiro atoms. The Kier molecular flexibility index (Phi) is 3.92. The monoisotopic (exact) mass is 326 g/mol. The van der Waals surface area contributed by atoms with Gasteiger partial charge in [-0.15, -0.1) is 0 Å². The van der Waals surface area contributed by atoms with Gasteiger partial charge in [0, 0.05) is 19.6 Å². The molecule has 7 heteroatoms. The molecule has 7 nitrogen and oxygen atoms in total. The highest BCUT2D eigenvalue weighted by molar-refractivity contribution is 5.91. The molecule has 0 radical (unpaired) electrons. The summed E-state index contributed by atoms with van der Waals surface area (Å²) < 4.78 is 0. The predicted molar refractivity (Wildman–Crippen MR) is 92.5 cm³/mol. The van der Waals surface area contributed by atoms with Crippen LogP contribution in [0.3, 0.4) is 0 Å². The normalized spacial score (nSPS) is 19.4. The minimum absolute atomic E-state index is 0.184. The van der Waals surface area contributed by atoms with Crippen LogP contribution in [0.1, 0.15) is 25.7 Å². The highest BCUT2D eigenvalue weighted by Gasteiger charge is 2.28. The maximum atomic E-state index is 12.6. The van der Waals surface area contributed by atoms with Crippen molar-refractivity contribution in [2.45, 2.75) is 25.7 Å². The highest BCUT2D eigenvalue weighted by atomic mass is 16.2. The molecule has 2 fully saturated rings. The van der Waals surface area contributed by atoms with Crippen LogP contribution in [0.25, 0.3) is 11.0 Å². The van der Waals surface area contributed by atoms with Crippen LogP contribution in [-0.2, 0) is 4.79 Å². The van der Waals surface area contributed by atoms with Crippen LogP contribution in [0.5, 0.6) is 0 Å². The van der Waals surface area contributed by atoms with Crippen molar-refractivity contribution in [2.75, 3.05) is 36.8 Å². The van der Waals surface area contributed by atoms with Crippen LogP contribution in [0, 0.1) is 5.92 Å². The lowest BCUT2D eigenvalue weighted by Gasteiger charge is -2.36. The van der Waals surface area contributed by atoms with Crippen molar-refractivity contribution in [1.29, 1.82) is 0 Å². The Morgan fingerprint density at radius 1 is 1.17 bits per heavy atom. The van der Waals surface area contributed by atoms with Gasteiger partial charge in [-0.25, -0.2) is 15.0 Å². The topological polar surface area (TPSA) is 88.2 Å². The molecular formula is C17H22N6O. The smallest absolute Gasteiger partial charge is 0.242 e. The second kappa shape index (κ2) is 6.22. The van der Waals surface area contributed by atoms with E-state index in [1.807, 2.05) is 15.9 Å². The Bertz CT molecular complexity index is 758. The number of rotatable bonds is 3. The van der Waals surface area contributed by atoms with Gasteiger partial charge in [0.1, 0.15) is 18.0 Å². The second-order valence-corrected chi connectivity index (χ2v) is 6.72. The number of hydrogen-bond donors (Lipinski definition) is 1. The summed E-state index contributed by atoms with van der Waals surface area (Å²) in [5.74, 6) is 2.07. The van der Waals surface area contributed by atoms with E-state index >= 15 is 0 Å². The number of nitrogens with two attached hydrogens (primary N) is 1. The average molecular weight is 326 g/mol. The van der Waals surface area contributed by atoms with Crippen LogP contribution in [0.2, 0.25) is 0 Å². The first-order valence-electron chi connectivity index (χ1n) is 8.60. The quantitative estimate of drug-likeness (QED) is 0.918. The van der Waals surface area contributed by atoms with E-state index in [1.165, 1.54) is 32.0 Å². The maximum absolute atomic E-state index is 12.6. The number of piperazine rings is 1. The Hall–Kier alpha value is -2.44. The molecule has 3 heterocycles. The number of pyridine rings is 1. The molecule has 0 bridgehead atoms. The molecule has 0 unspecified atom stereocenters. The van der Waals surface area contributed by atoms with Gasteiger partial charge in [-0.3, -0.25) is 4.79 Å². The van der Waals surface area contributed by atoms with E-state index in [0.717, 1.165) is 30.8 Å².